The number of halogens is 1. The Labute approximate surface area is 118 Å². The van der Waals surface area contributed by atoms with Crippen LogP contribution in [0.25, 0.3) is 0 Å². The lowest BCUT2D eigenvalue weighted by molar-refractivity contribution is 0.0729. The molecule has 0 radical (unpaired) electrons. The number of carbonyl (C=O) groups is 1. The molecular weight excluding hydrogens is 310 g/mol. The highest BCUT2D eigenvalue weighted by Crippen LogP contribution is 2.26. The molecule has 0 saturated carbocycles. The fourth-order valence-corrected chi connectivity index (χ4v) is 3.75. The topological polar surface area (TPSA) is 20.3 Å². The lowest BCUT2D eigenvalue weighted by Crippen LogP contribution is -2.36. The number of rotatable bonds is 2. The number of amides is 1. The minimum atomic E-state index is 0.154. The van der Waals surface area contributed by atoms with E-state index in [9.17, 15) is 4.79 Å². The van der Waals surface area contributed by atoms with Crippen LogP contribution in [-0.2, 0) is 13.0 Å². The maximum atomic E-state index is 12.3. The van der Waals surface area contributed by atoms with E-state index in [0.29, 0.717) is 6.54 Å². The Morgan fingerprint density at radius 1 is 1.22 bits per heavy atom. The van der Waals surface area contributed by atoms with Gasteiger partial charge in [-0.25, -0.2) is 0 Å². The van der Waals surface area contributed by atoms with Gasteiger partial charge in [0.2, 0.25) is 0 Å². The van der Waals surface area contributed by atoms with Crippen LogP contribution in [0, 0.1) is 0 Å². The van der Waals surface area contributed by atoms with Gasteiger partial charge in [-0.3, -0.25) is 4.79 Å². The summed E-state index contributed by atoms with van der Waals surface area (Å²) in [6, 6.07) is 12.0. The lowest BCUT2D eigenvalue weighted by Gasteiger charge is -2.28. The van der Waals surface area contributed by atoms with Crippen LogP contribution in [0.2, 0.25) is 0 Å². The Morgan fingerprint density at radius 3 is 2.83 bits per heavy atom. The van der Waals surface area contributed by atoms with Gasteiger partial charge in [-0.05, 0) is 46.1 Å². The van der Waals surface area contributed by atoms with Crippen LogP contribution in [0.4, 0.5) is 0 Å². The van der Waals surface area contributed by atoms with Gasteiger partial charge < -0.3 is 4.90 Å². The molecule has 0 unspecified atom stereocenters. The Morgan fingerprint density at radius 2 is 2.06 bits per heavy atom. The third-order valence-corrected chi connectivity index (χ3v) is 4.77. The number of fused-ring (bicyclic) bond motifs is 1. The SMILES string of the molecule is O=C1c2ccccc2CCN1Cc1ccc(Br)s1. The summed E-state index contributed by atoms with van der Waals surface area (Å²) in [5.41, 5.74) is 2.03. The molecule has 1 amide bonds. The van der Waals surface area contributed by atoms with Gasteiger partial charge in [0.25, 0.3) is 5.91 Å². The van der Waals surface area contributed by atoms with Crippen molar-refractivity contribution in [2.75, 3.05) is 6.54 Å². The van der Waals surface area contributed by atoms with Crippen molar-refractivity contribution in [2.24, 2.45) is 0 Å². The molecule has 0 bridgehead atoms. The number of hydrogen-bond donors (Lipinski definition) is 0. The largest absolute Gasteiger partial charge is 0.333 e. The second-order valence-electron chi connectivity index (χ2n) is 4.34. The fraction of sp³-hybridized carbons (Fsp3) is 0.214. The first-order valence-electron chi connectivity index (χ1n) is 5.85. The molecule has 0 spiro atoms. The summed E-state index contributed by atoms with van der Waals surface area (Å²) in [5, 5.41) is 0. The van der Waals surface area contributed by atoms with Crippen molar-refractivity contribution < 1.29 is 4.79 Å². The molecule has 3 rings (SSSR count). The summed E-state index contributed by atoms with van der Waals surface area (Å²) >= 11 is 5.14. The highest BCUT2D eigenvalue weighted by Gasteiger charge is 2.23. The Bertz CT molecular complexity index is 593. The fourth-order valence-electron chi connectivity index (χ4n) is 2.25. The molecule has 2 heterocycles. The summed E-state index contributed by atoms with van der Waals surface area (Å²) in [6.45, 7) is 1.52. The van der Waals surface area contributed by atoms with Crippen molar-refractivity contribution in [1.29, 1.82) is 0 Å². The van der Waals surface area contributed by atoms with Crippen LogP contribution < -0.4 is 0 Å². The minimum absolute atomic E-state index is 0.154. The molecule has 2 nitrogen and oxygen atoms in total. The van der Waals surface area contributed by atoms with Crippen LogP contribution in [0.15, 0.2) is 40.2 Å². The molecule has 0 saturated heterocycles. The van der Waals surface area contributed by atoms with E-state index < -0.39 is 0 Å². The summed E-state index contributed by atoms with van der Waals surface area (Å²) in [5.74, 6) is 0.154. The van der Waals surface area contributed by atoms with E-state index >= 15 is 0 Å². The van der Waals surface area contributed by atoms with Crippen molar-refractivity contribution in [3.63, 3.8) is 0 Å². The maximum Gasteiger partial charge on any atom is 0.254 e. The quantitative estimate of drug-likeness (QED) is 0.825. The van der Waals surface area contributed by atoms with E-state index in [0.717, 1.165) is 22.3 Å². The first-order chi connectivity index (χ1) is 8.74. The number of nitrogens with zero attached hydrogens (tertiary/aromatic N) is 1. The van der Waals surface area contributed by atoms with Crippen LogP contribution in [0.3, 0.4) is 0 Å². The molecule has 1 aromatic carbocycles. The number of carbonyl (C=O) groups excluding carboxylic acids is 1. The van der Waals surface area contributed by atoms with Crippen molar-refractivity contribution in [1.82, 2.24) is 4.90 Å². The second kappa shape index (κ2) is 4.86. The highest BCUT2D eigenvalue weighted by molar-refractivity contribution is 9.11. The third kappa shape index (κ3) is 2.22. The molecule has 1 aliphatic rings. The number of benzene rings is 1. The van der Waals surface area contributed by atoms with E-state index in [4.69, 9.17) is 0 Å². The van der Waals surface area contributed by atoms with Crippen LogP contribution in [0.5, 0.6) is 0 Å². The van der Waals surface area contributed by atoms with E-state index in [2.05, 4.69) is 22.0 Å². The predicted octanol–water partition coefficient (Wildman–Crippen LogP) is 3.71. The molecule has 1 aromatic heterocycles. The highest BCUT2D eigenvalue weighted by atomic mass is 79.9. The second-order valence-corrected chi connectivity index (χ2v) is 6.89. The van der Waals surface area contributed by atoms with Gasteiger partial charge >= 0.3 is 0 Å². The standard InChI is InChI=1S/C14H12BrNOS/c15-13-6-5-11(18-13)9-16-8-7-10-3-1-2-4-12(10)14(16)17/h1-6H,7-9H2. The molecule has 18 heavy (non-hydrogen) atoms. The summed E-state index contributed by atoms with van der Waals surface area (Å²) < 4.78 is 1.11. The smallest absolute Gasteiger partial charge is 0.254 e. The van der Waals surface area contributed by atoms with Gasteiger partial charge in [-0.15, -0.1) is 11.3 Å². The number of hydrogen-bond acceptors (Lipinski definition) is 2. The van der Waals surface area contributed by atoms with E-state index in [1.165, 1.54) is 10.4 Å². The van der Waals surface area contributed by atoms with E-state index in [-0.39, 0.29) is 5.91 Å². The number of thiophene rings is 1. The Balaban J connectivity index is 1.82. The molecule has 0 fully saturated rings. The van der Waals surface area contributed by atoms with Gasteiger partial charge in [-0.1, -0.05) is 18.2 Å². The van der Waals surface area contributed by atoms with E-state index in [1.807, 2.05) is 35.2 Å². The minimum Gasteiger partial charge on any atom is -0.333 e. The van der Waals surface area contributed by atoms with Gasteiger partial charge in [-0.2, -0.15) is 0 Å². The summed E-state index contributed by atoms with van der Waals surface area (Å²) in [4.78, 5) is 15.5. The molecule has 4 heteroatoms. The van der Waals surface area contributed by atoms with Gasteiger partial charge in [0, 0.05) is 17.0 Å². The average Bonchev–Trinajstić information content (AvgIpc) is 2.79. The van der Waals surface area contributed by atoms with Crippen LogP contribution in [-0.4, -0.2) is 17.4 Å². The van der Waals surface area contributed by atoms with E-state index in [1.54, 1.807) is 11.3 Å². The zero-order valence-corrected chi connectivity index (χ0v) is 12.1. The van der Waals surface area contributed by atoms with Crippen LogP contribution in [0.1, 0.15) is 20.8 Å². The first-order valence-corrected chi connectivity index (χ1v) is 7.46. The molecule has 0 aliphatic carbocycles. The maximum absolute atomic E-state index is 12.3. The predicted molar refractivity (Wildman–Crippen MR) is 76.9 cm³/mol. The van der Waals surface area contributed by atoms with Gasteiger partial charge in [0.15, 0.2) is 0 Å². The Hall–Kier alpha value is -1.13. The molecular formula is C14H12BrNOS. The van der Waals surface area contributed by atoms with Crippen molar-refractivity contribution in [3.8, 4) is 0 Å². The van der Waals surface area contributed by atoms with Crippen LogP contribution >= 0.6 is 27.3 Å². The molecule has 92 valence electrons. The van der Waals surface area contributed by atoms with Crippen molar-refractivity contribution in [3.05, 3.63) is 56.2 Å². The Kier molecular flexibility index (Phi) is 3.22. The zero-order chi connectivity index (χ0) is 12.5. The normalized spacial score (nSPS) is 14.7. The molecule has 1 aliphatic heterocycles. The first kappa shape index (κ1) is 11.9. The van der Waals surface area contributed by atoms with Crippen molar-refractivity contribution in [2.45, 2.75) is 13.0 Å². The average molecular weight is 322 g/mol. The zero-order valence-electron chi connectivity index (χ0n) is 9.73. The molecule has 2 aromatic rings. The van der Waals surface area contributed by atoms with Gasteiger partial charge in [0.1, 0.15) is 0 Å². The van der Waals surface area contributed by atoms with Crippen molar-refractivity contribution >= 4 is 33.2 Å². The van der Waals surface area contributed by atoms with Gasteiger partial charge in [0.05, 0.1) is 10.3 Å². The summed E-state index contributed by atoms with van der Waals surface area (Å²) in [7, 11) is 0. The lowest BCUT2D eigenvalue weighted by atomic mass is 9.99. The molecule has 0 atom stereocenters. The summed E-state index contributed by atoms with van der Waals surface area (Å²) in [6.07, 6.45) is 0.953. The molecule has 0 N–H and O–H groups in total. The monoisotopic (exact) mass is 321 g/mol. The third-order valence-electron chi connectivity index (χ3n) is 3.16.